The maximum absolute atomic E-state index is 12.5. The van der Waals surface area contributed by atoms with Crippen LogP contribution in [0.5, 0.6) is 0 Å². The van der Waals surface area contributed by atoms with Crippen molar-refractivity contribution in [3.05, 3.63) is 11.9 Å². The first-order chi connectivity index (χ1) is 8.57. The van der Waals surface area contributed by atoms with Crippen LogP contribution in [-0.2, 0) is 11.8 Å². The van der Waals surface area contributed by atoms with Crippen LogP contribution in [0.3, 0.4) is 0 Å². The van der Waals surface area contributed by atoms with Gasteiger partial charge in [0.25, 0.3) is 0 Å². The van der Waals surface area contributed by atoms with Crippen molar-refractivity contribution < 1.29 is 4.79 Å². The number of carbonyl (C=O) groups is 1. The van der Waals surface area contributed by atoms with Crippen molar-refractivity contribution >= 4 is 11.6 Å². The number of rotatable bonds is 4. The maximum atomic E-state index is 12.5. The fourth-order valence-corrected chi connectivity index (χ4v) is 2.72. The Morgan fingerprint density at radius 3 is 2.94 bits per heavy atom. The Labute approximate surface area is 108 Å². The highest BCUT2D eigenvalue weighted by molar-refractivity contribution is 5.96. The van der Waals surface area contributed by atoms with Gasteiger partial charge in [-0.1, -0.05) is 13.3 Å². The molecule has 1 atom stereocenters. The van der Waals surface area contributed by atoms with Crippen LogP contribution >= 0.6 is 0 Å². The van der Waals surface area contributed by atoms with Gasteiger partial charge in [-0.3, -0.25) is 9.48 Å². The normalized spacial score (nSPS) is 23.3. The molecule has 0 aliphatic carbocycles. The Hall–Kier alpha value is -1.36. The topological polar surface area (TPSA) is 59.0 Å². The maximum Gasteiger partial charge on any atom is 0.232 e. The van der Waals surface area contributed by atoms with Crippen LogP contribution in [-0.4, -0.2) is 28.8 Å². The quantitative estimate of drug-likeness (QED) is 0.850. The Morgan fingerprint density at radius 2 is 2.44 bits per heavy atom. The van der Waals surface area contributed by atoms with Crippen molar-refractivity contribution in [1.82, 2.24) is 15.1 Å². The summed E-state index contributed by atoms with van der Waals surface area (Å²) in [5.74, 6) is 0.130. The van der Waals surface area contributed by atoms with E-state index >= 15 is 0 Å². The van der Waals surface area contributed by atoms with Gasteiger partial charge in [0.1, 0.15) is 0 Å². The van der Waals surface area contributed by atoms with E-state index in [0.29, 0.717) is 0 Å². The number of amides is 1. The third kappa shape index (κ3) is 2.41. The summed E-state index contributed by atoms with van der Waals surface area (Å²) >= 11 is 0. The first kappa shape index (κ1) is 13.1. The number of aromatic nitrogens is 2. The molecule has 5 heteroatoms. The minimum Gasteiger partial charge on any atom is -0.323 e. The number of anilines is 1. The van der Waals surface area contributed by atoms with E-state index in [1.54, 1.807) is 4.68 Å². The van der Waals surface area contributed by atoms with Gasteiger partial charge in [0.15, 0.2) is 0 Å². The van der Waals surface area contributed by atoms with E-state index in [1.807, 2.05) is 20.2 Å². The lowest BCUT2D eigenvalue weighted by Crippen LogP contribution is -2.38. The molecule has 1 aliphatic heterocycles. The minimum absolute atomic E-state index is 0.130. The van der Waals surface area contributed by atoms with Gasteiger partial charge in [-0.25, -0.2) is 0 Å². The third-order valence-electron chi connectivity index (χ3n) is 3.72. The van der Waals surface area contributed by atoms with Gasteiger partial charge in [0, 0.05) is 19.8 Å². The van der Waals surface area contributed by atoms with Crippen molar-refractivity contribution in [2.45, 2.75) is 33.1 Å². The molecule has 1 unspecified atom stereocenters. The molecule has 0 aromatic carbocycles. The summed E-state index contributed by atoms with van der Waals surface area (Å²) in [4.78, 5) is 12.5. The van der Waals surface area contributed by atoms with E-state index in [1.165, 1.54) is 0 Å². The zero-order valence-electron chi connectivity index (χ0n) is 11.4. The first-order valence-electron chi connectivity index (χ1n) is 6.60. The van der Waals surface area contributed by atoms with E-state index in [0.717, 1.165) is 43.7 Å². The third-order valence-corrected chi connectivity index (χ3v) is 3.72. The van der Waals surface area contributed by atoms with Crippen LogP contribution in [0.4, 0.5) is 5.69 Å². The van der Waals surface area contributed by atoms with Crippen LogP contribution in [0, 0.1) is 12.3 Å². The van der Waals surface area contributed by atoms with Gasteiger partial charge in [0.2, 0.25) is 5.91 Å². The predicted molar refractivity (Wildman–Crippen MR) is 71.4 cm³/mol. The second-order valence-electron chi connectivity index (χ2n) is 5.21. The summed E-state index contributed by atoms with van der Waals surface area (Å²) in [6.07, 6.45) is 4.74. The second-order valence-corrected chi connectivity index (χ2v) is 5.21. The van der Waals surface area contributed by atoms with E-state index in [2.05, 4.69) is 22.7 Å². The molecule has 1 fully saturated rings. The fraction of sp³-hybridized carbons (Fsp3) is 0.692. The SMILES string of the molecule is CCCC1(C(=O)Nc2cn(C)nc2C)CCNC1. The summed E-state index contributed by atoms with van der Waals surface area (Å²) in [6, 6.07) is 0. The highest BCUT2D eigenvalue weighted by Crippen LogP contribution is 2.32. The molecule has 5 nitrogen and oxygen atoms in total. The fourth-order valence-electron chi connectivity index (χ4n) is 2.72. The summed E-state index contributed by atoms with van der Waals surface area (Å²) in [5, 5.41) is 10.6. The zero-order valence-corrected chi connectivity index (χ0v) is 11.4. The number of hydrogen-bond donors (Lipinski definition) is 2. The van der Waals surface area contributed by atoms with Gasteiger partial charge >= 0.3 is 0 Å². The Bertz CT molecular complexity index is 432. The van der Waals surface area contributed by atoms with E-state index < -0.39 is 0 Å². The number of hydrogen-bond acceptors (Lipinski definition) is 3. The van der Waals surface area contributed by atoms with Crippen molar-refractivity contribution in [3.8, 4) is 0 Å². The first-order valence-corrected chi connectivity index (χ1v) is 6.60. The summed E-state index contributed by atoms with van der Waals surface area (Å²) in [5.41, 5.74) is 1.45. The number of nitrogens with one attached hydrogen (secondary N) is 2. The van der Waals surface area contributed by atoms with Crippen LogP contribution < -0.4 is 10.6 Å². The van der Waals surface area contributed by atoms with Crippen LogP contribution in [0.25, 0.3) is 0 Å². The van der Waals surface area contributed by atoms with E-state index in [9.17, 15) is 4.79 Å². The molecule has 1 aliphatic rings. The highest BCUT2D eigenvalue weighted by atomic mass is 16.2. The second kappa shape index (κ2) is 5.10. The predicted octanol–water partition coefficient (Wildman–Crippen LogP) is 1.45. The molecule has 18 heavy (non-hydrogen) atoms. The molecular weight excluding hydrogens is 228 g/mol. The largest absolute Gasteiger partial charge is 0.323 e. The Morgan fingerprint density at radius 1 is 1.67 bits per heavy atom. The highest BCUT2D eigenvalue weighted by Gasteiger charge is 2.40. The van der Waals surface area contributed by atoms with Gasteiger partial charge in [0.05, 0.1) is 16.8 Å². The number of carbonyl (C=O) groups excluding carboxylic acids is 1. The molecular formula is C13H22N4O. The smallest absolute Gasteiger partial charge is 0.232 e. The van der Waals surface area contributed by atoms with Gasteiger partial charge in [-0.05, 0) is 26.3 Å². The summed E-state index contributed by atoms with van der Waals surface area (Å²) < 4.78 is 1.73. The van der Waals surface area contributed by atoms with E-state index in [-0.39, 0.29) is 11.3 Å². The lowest BCUT2D eigenvalue weighted by molar-refractivity contribution is -0.125. The van der Waals surface area contributed by atoms with E-state index in [4.69, 9.17) is 0 Å². The van der Waals surface area contributed by atoms with Crippen LogP contribution in [0.2, 0.25) is 0 Å². The van der Waals surface area contributed by atoms with Gasteiger partial charge in [-0.15, -0.1) is 0 Å². The molecule has 0 bridgehead atoms. The van der Waals surface area contributed by atoms with Crippen molar-refractivity contribution in [2.24, 2.45) is 12.5 Å². The van der Waals surface area contributed by atoms with Gasteiger partial charge in [-0.2, -0.15) is 5.10 Å². The monoisotopic (exact) mass is 250 g/mol. The summed E-state index contributed by atoms with van der Waals surface area (Å²) in [6.45, 7) is 5.75. The van der Waals surface area contributed by atoms with Crippen molar-refractivity contribution in [1.29, 1.82) is 0 Å². The molecule has 2 N–H and O–H groups in total. The summed E-state index contributed by atoms with van der Waals surface area (Å²) in [7, 11) is 1.86. The molecule has 0 saturated carbocycles. The number of aryl methyl sites for hydroxylation is 2. The standard InChI is InChI=1S/C13H22N4O/c1-4-5-13(6-7-14-9-13)12(18)15-11-8-17(3)16-10(11)2/h8,14H,4-7,9H2,1-3H3,(H,15,18). The van der Waals surface area contributed by atoms with Crippen LogP contribution in [0.15, 0.2) is 6.20 Å². The van der Waals surface area contributed by atoms with Crippen molar-refractivity contribution in [3.63, 3.8) is 0 Å². The Balaban J connectivity index is 2.12. The molecule has 1 aromatic heterocycles. The average Bonchev–Trinajstić information content (AvgIpc) is 2.88. The molecule has 2 rings (SSSR count). The molecule has 1 aromatic rings. The lowest BCUT2D eigenvalue weighted by Gasteiger charge is -2.26. The number of nitrogens with zero attached hydrogens (tertiary/aromatic N) is 2. The van der Waals surface area contributed by atoms with Crippen molar-refractivity contribution in [2.75, 3.05) is 18.4 Å². The average molecular weight is 250 g/mol. The molecule has 1 saturated heterocycles. The molecule has 0 radical (unpaired) electrons. The zero-order chi connectivity index (χ0) is 13.2. The minimum atomic E-state index is -0.239. The molecule has 100 valence electrons. The molecule has 1 amide bonds. The molecule has 2 heterocycles. The molecule has 0 spiro atoms. The lowest BCUT2D eigenvalue weighted by atomic mass is 9.81. The van der Waals surface area contributed by atoms with Gasteiger partial charge < -0.3 is 10.6 Å². The van der Waals surface area contributed by atoms with Crippen LogP contribution in [0.1, 0.15) is 31.9 Å². The Kier molecular flexibility index (Phi) is 3.71.